The fraction of sp³-hybridized carbons (Fsp3) is 0.250. The second-order valence-electron chi connectivity index (χ2n) is 6.09. The topological polar surface area (TPSA) is 64.0 Å². The molecule has 5 nitrogen and oxygen atoms in total. The molecule has 1 amide bonds. The van der Waals surface area contributed by atoms with Crippen molar-refractivity contribution in [1.82, 2.24) is 14.9 Å². The molecule has 1 unspecified atom stereocenters. The number of carbonyl (C=O) groups is 1. The van der Waals surface area contributed by atoms with Gasteiger partial charge in [-0.25, -0.2) is 4.98 Å². The maximum absolute atomic E-state index is 12.5. The number of para-hydroxylation sites is 1. The van der Waals surface area contributed by atoms with Crippen LogP contribution in [0.4, 0.5) is 0 Å². The van der Waals surface area contributed by atoms with Crippen LogP contribution in [0.3, 0.4) is 0 Å². The number of fused-ring (bicyclic) bond motifs is 1. The third kappa shape index (κ3) is 4.19. The lowest BCUT2D eigenvalue weighted by Crippen LogP contribution is -2.30. The smallest absolute Gasteiger partial charge is 0.261 e. The predicted octanol–water partition coefficient (Wildman–Crippen LogP) is 3.82. The summed E-state index contributed by atoms with van der Waals surface area (Å²) in [6, 6.07) is 15.1. The summed E-state index contributed by atoms with van der Waals surface area (Å²) in [6.07, 6.45) is 2.53. The zero-order valence-corrected chi connectivity index (χ0v) is 16.1. The number of amides is 1. The molecule has 1 atom stereocenters. The van der Waals surface area contributed by atoms with E-state index in [1.54, 1.807) is 12.1 Å². The first-order valence-electron chi connectivity index (χ1n) is 8.57. The number of nitrogens with one attached hydrogen (secondary N) is 1. The Morgan fingerprint density at radius 1 is 1.19 bits per heavy atom. The van der Waals surface area contributed by atoms with Crippen molar-refractivity contribution in [2.45, 2.75) is 32.4 Å². The van der Waals surface area contributed by atoms with Crippen molar-refractivity contribution in [2.75, 3.05) is 0 Å². The van der Waals surface area contributed by atoms with Gasteiger partial charge in [0.25, 0.3) is 5.56 Å². The van der Waals surface area contributed by atoms with Crippen molar-refractivity contribution in [3.05, 3.63) is 75.2 Å². The van der Waals surface area contributed by atoms with Gasteiger partial charge in [0, 0.05) is 17.4 Å². The summed E-state index contributed by atoms with van der Waals surface area (Å²) in [7, 11) is 0. The molecule has 0 bridgehead atoms. The lowest BCUT2D eigenvalue weighted by Gasteiger charge is -2.18. The van der Waals surface area contributed by atoms with Gasteiger partial charge in [-0.15, -0.1) is 0 Å². The summed E-state index contributed by atoms with van der Waals surface area (Å²) in [5, 5.41) is 3.61. The first-order valence-corrected chi connectivity index (χ1v) is 9.37. The molecule has 6 heteroatoms. The van der Waals surface area contributed by atoms with Crippen LogP contribution in [-0.2, 0) is 11.3 Å². The van der Waals surface area contributed by atoms with Gasteiger partial charge in [0.2, 0.25) is 5.91 Å². The Morgan fingerprint density at radius 2 is 1.92 bits per heavy atom. The lowest BCUT2D eigenvalue weighted by atomic mass is 10.0. The van der Waals surface area contributed by atoms with Crippen LogP contribution in [0.2, 0.25) is 0 Å². The fourth-order valence-corrected chi connectivity index (χ4v) is 3.13. The molecule has 0 spiro atoms. The van der Waals surface area contributed by atoms with Crippen molar-refractivity contribution in [3.63, 3.8) is 0 Å². The quantitative estimate of drug-likeness (QED) is 0.667. The Balaban J connectivity index is 1.66. The number of benzene rings is 2. The Hall–Kier alpha value is -2.47. The van der Waals surface area contributed by atoms with E-state index in [0.717, 1.165) is 16.5 Å². The number of halogens is 1. The van der Waals surface area contributed by atoms with Crippen molar-refractivity contribution < 1.29 is 4.79 Å². The molecule has 0 saturated carbocycles. The van der Waals surface area contributed by atoms with E-state index in [-0.39, 0.29) is 23.9 Å². The van der Waals surface area contributed by atoms with Crippen LogP contribution in [0, 0.1) is 0 Å². The van der Waals surface area contributed by atoms with E-state index in [4.69, 9.17) is 0 Å². The van der Waals surface area contributed by atoms with Crippen molar-refractivity contribution in [3.8, 4) is 0 Å². The summed E-state index contributed by atoms with van der Waals surface area (Å²) in [4.78, 5) is 29.1. The largest absolute Gasteiger partial charge is 0.349 e. The van der Waals surface area contributed by atoms with E-state index in [9.17, 15) is 9.59 Å². The van der Waals surface area contributed by atoms with Gasteiger partial charge in [-0.1, -0.05) is 47.1 Å². The summed E-state index contributed by atoms with van der Waals surface area (Å²) in [5.74, 6) is -0.0835. The van der Waals surface area contributed by atoms with Crippen molar-refractivity contribution in [2.24, 2.45) is 0 Å². The lowest BCUT2D eigenvalue weighted by molar-refractivity contribution is -0.122. The molecular weight excluding hydrogens is 394 g/mol. The summed E-state index contributed by atoms with van der Waals surface area (Å²) >= 11 is 3.42. The molecule has 3 rings (SSSR count). The Kier molecular flexibility index (Phi) is 5.83. The molecule has 1 aromatic heterocycles. The maximum Gasteiger partial charge on any atom is 0.261 e. The number of rotatable bonds is 6. The monoisotopic (exact) mass is 413 g/mol. The number of carbonyl (C=O) groups excluding carboxylic acids is 1. The number of nitrogens with zero attached hydrogens (tertiary/aromatic N) is 2. The first-order chi connectivity index (χ1) is 12.6. The fourth-order valence-electron chi connectivity index (χ4n) is 2.87. The molecule has 0 fully saturated rings. The molecule has 134 valence electrons. The molecule has 3 aromatic rings. The van der Waals surface area contributed by atoms with E-state index in [1.807, 2.05) is 43.3 Å². The van der Waals surface area contributed by atoms with Crippen LogP contribution in [0.5, 0.6) is 0 Å². The van der Waals surface area contributed by atoms with Gasteiger partial charge in [-0.05, 0) is 36.2 Å². The highest BCUT2D eigenvalue weighted by Crippen LogP contribution is 2.19. The third-order valence-corrected chi connectivity index (χ3v) is 4.86. The van der Waals surface area contributed by atoms with Gasteiger partial charge in [0.05, 0.1) is 23.3 Å². The molecule has 0 radical (unpaired) electrons. The zero-order valence-electron chi connectivity index (χ0n) is 14.5. The van der Waals surface area contributed by atoms with Crippen LogP contribution >= 0.6 is 15.9 Å². The van der Waals surface area contributed by atoms with E-state index in [1.165, 1.54) is 10.9 Å². The average Bonchev–Trinajstić information content (AvgIpc) is 2.66. The minimum atomic E-state index is -0.122. The highest BCUT2D eigenvalue weighted by Gasteiger charge is 2.13. The molecule has 2 aromatic carbocycles. The van der Waals surface area contributed by atoms with Gasteiger partial charge in [0.15, 0.2) is 0 Å². The first kappa shape index (κ1) is 18.3. The minimum Gasteiger partial charge on any atom is -0.349 e. The Morgan fingerprint density at radius 3 is 2.65 bits per heavy atom. The van der Waals surface area contributed by atoms with E-state index < -0.39 is 0 Å². The minimum absolute atomic E-state index is 0.0398. The standard InChI is InChI=1S/C20H20BrN3O2/c1-2-17(14-7-9-15(21)10-8-14)23-19(25)11-12-24-13-22-18-6-4-3-5-16(18)20(24)26/h3-10,13,17H,2,11-12H2,1H3,(H,23,25). The second-order valence-corrected chi connectivity index (χ2v) is 7.01. The third-order valence-electron chi connectivity index (χ3n) is 4.33. The molecule has 1 heterocycles. The van der Waals surface area contributed by atoms with Crippen LogP contribution in [0.25, 0.3) is 10.9 Å². The number of hydrogen-bond acceptors (Lipinski definition) is 3. The van der Waals surface area contributed by atoms with Gasteiger partial charge in [-0.3, -0.25) is 14.2 Å². The van der Waals surface area contributed by atoms with E-state index >= 15 is 0 Å². The molecule has 0 aliphatic rings. The second kappa shape index (κ2) is 8.27. The van der Waals surface area contributed by atoms with Gasteiger partial charge in [0.1, 0.15) is 0 Å². The normalized spacial score (nSPS) is 12.1. The average molecular weight is 414 g/mol. The summed E-state index contributed by atoms with van der Waals surface area (Å²) in [5.41, 5.74) is 1.61. The van der Waals surface area contributed by atoms with E-state index in [2.05, 4.69) is 26.2 Å². The molecule has 26 heavy (non-hydrogen) atoms. The van der Waals surface area contributed by atoms with Crippen LogP contribution in [-0.4, -0.2) is 15.5 Å². The SMILES string of the molecule is CCC(NC(=O)CCn1cnc2ccccc2c1=O)c1ccc(Br)cc1. The summed E-state index contributed by atoms with van der Waals surface area (Å²) in [6.45, 7) is 2.34. The Labute approximate surface area is 160 Å². The van der Waals surface area contributed by atoms with Gasteiger partial charge in [-0.2, -0.15) is 0 Å². The maximum atomic E-state index is 12.5. The molecule has 0 aliphatic carbocycles. The molecule has 0 aliphatic heterocycles. The van der Waals surface area contributed by atoms with Crippen molar-refractivity contribution in [1.29, 1.82) is 0 Å². The van der Waals surface area contributed by atoms with E-state index in [0.29, 0.717) is 17.4 Å². The van der Waals surface area contributed by atoms with Gasteiger partial charge < -0.3 is 5.32 Å². The van der Waals surface area contributed by atoms with Crippen LogP contribution in [0.1, 0.15) is 31.4 Å². The number of hydrogen-bond donors (Lipinski definition) is 1. The molecule has 1 N–H and O–H groups in total. The van der Waals surface area contributed by atoms with Crippen molar-refractivity contribution >= 4 is 32.7 Å². The highest BCUT2D eigenvalue weighted by atomic mass is 79.9. The molecule has 0 saturated heterocycles. The number of aromatic nitrogens is 2. The van der Waals surface area contributed by atoms with Gasteiger partial charge >= 0.3 is 0 Å². The number of aryl methyl sites for hydroxylation is 1. The zero-order chi connectivity index (χ0) is 18.5. The summed E-state index contributed by atoms with van der Waals surface area (Å²) < 4.78 is 2.49. The predicted molar refractivity (Wildman–Crippen MR) is 106 cm³/mol. The Bertz CT molecular complexity index is 967. The molecular formula is C20H20BrN3O2. The highest BCUT2D eigenvalue weighted by molar-refractivity contribution is 9.10. The van der Waals surface area contributed by atoms with Crippen LogP contribution < -0.4 is 10.9 Å². The van der Waals surface area contributed by atoms with Crippen LogP contribution in [0.15, 0.2) is 64.1 Å².